The summed E-state index contributed by atoms with van der Waals surface area (Å²) in [5.74, 6) is 0.892. The topological polar surface area (TPSA) is 64.2 Å². The van der Waals surface area contributed by atoms with Crippen molar-refractivity contribution >= 4 is 27.9 Å². The van der Waals surface area contributed by atoms with Crippen molar-refractivity contribution in [3.63, 3.8) is 0 Å². The smallest absolute Gasteiger partial charge is 0.282 e. The highest BCUT2D eigenvalue weighted by Gasteiger charge is 2.35. The van der Waals surface area contributed by atoms with Crippen molar-refractivity contribution in [1.82, 2.24) is 18.4 Å². The van der Waals surface area contributed by atoms with Crippen LogP contribution in [0.25, 0.3) is 0 Å². The van der Waals surface area contributed by atoms with Crippen molar-refractivity contribution in [3.8, 4) is 0 Å². The van der Waals surface area contributed by atoms with Gasteiger partial charge in [0, 0.05) is 58.1 Å². The minimum atomic E-state index is -3.43. The summed E-state index contributed by atoms with van der Waals surface area (Å²) in [6, 6.07) is 10.1. The maximum Gasteiger partial charge on any atom is 0.282 e. The van der Waals surface area contributed by atoms with Crippen LogP contribution in [0.2, 0.25) is 0 Å². The van der Waals surface area contributed by atoms with E-state index in [9.17, 15) is 13.2 Å². The van der Waals surface area contributed by atoms with E-state index in [1.807, 2.05) is 32.2 Å². The lowest BCUT2D eigenvalue weighted by Crippen LogP contribution is -2.57. The van der Waals surface area contributed by atoms with Crippen LogP contribution in [0.15, 0.2) is 30.3 Å². The number of nitrogens with zero attached hydrogens (tertiary/aromatic N) is 4. The predicted molar refractivity (Wildman–Crippen MR) is 113 cm³/mol. The van der Waals surface area contributed by atoms with Gasteiger partial charge in [0.25, 0.3) is 10.2 Å². The first-order chi connectivity index (χ1) is 13.4. The number of amides is 1. The van der Waals surface area contributed by atoms with Gasteiger partial charge in [-0.2, -0.15) is 17.0 Å². The van der Waals surface area contributed by atoms with Crippen molar-refractivity contribution in [3.05, 3.63) is 35.9 Å². The van der Waals surface area contributed by atoms with E-state index in [4.69, 9.17) is 0 Å². The van der Waals surface area contributed by atoms with Crippen molar-refractivity contribution in [2.24, 2.45) is 0 Å². The second-order valence-electron chi connectivity index (χ2n) is 7.37. The normalized spacial score (nSPS) is 21.6. The molecule has 9 heteroatoms. The van der Waals surface area contributed by atoms with E-state index in [2.05, 4.69) is 17.0 Å². The maximum atomic E-state index is 12.8. The molecule has 0 spiro atoms. The molecule has 2 saturated heterocycles. The summed E-state index contributed by atoms with van der Waals surface area (Å²) in [7, 11) is -1.42. The quantitative estimate of drug-likeness (QED) is 0.678. The van der Waals surface area contributed by atoms with Gasteiger partial charge in [-0.1, -0.05) is 30.3 Å². The molecule has 3 rings (SSSR count). The molecule has 1 atom stereocenters. The first-order valence-corrected chi connectivity index (χ1v) is 12.2. The Hall–Kier alpha value is -1.13. The van der Waals surface area contributed by atoms with Crippen LogP contribution in [0.3, 0.4) is 0 Å². The van der Waals surface area contributed by atoms with E-state index in [-0.39, 0.29) is 11.2 Å². The minimum absolute atomic E-state index is 0.0950. The zero-order chi connectivity index (χ0) is 20.1. The molecular formula is C19H30N4O3S2. The molecule has 2 aliphatic rings. The molecule has 1 aromatic rings. The molecule has 7 nitrogen and oxygen atoms in total. The lowest BCUT2D eigenvalue weighted by atomic mass is 10.2. The lowest BCUT2D eigenvalue weighted by molar-refractivity contribution is -0.131. The van der Waals surface area contributed by atoms with Crippen molar-refractivity contribution in [1.29, 1.82) is 0 Å². The molecule has 28 heavy (non-hydrogen) atoms. The predicted octanol–water partition coefficient (Wildman–Crippen LogP) is 0.945. The van der Waals surface area contributed by atoms with Crippen LogP contribution < -0.4 is 0 Å². The number of piperazine rings is 2. The number of hydrogen-bond donors (Lipinski definition) is 0. The molecule has 1 aromatic carbocycles. The first kappa shape index (κ1) is 21.6. The molecular weight excluding hydrogens is 396 g/mol. The Morgan fingerprint density at radius 1 is 0.964 bits per heavy atom. The first-order valence-electron chi connectivity index (χ1n) is 9.76. The number of thioether (sulfide) groups is 1. The van der Waals surface area contributed by atoms with Gasteiger partial charge in [0.05, 0.1) is 5.25 Å². The van der Waals surface area contributed by atoms with Crippen LogP contribution >= 0.6 is 11.8 Å². The molecule has 2 aliphatic heterocycles. The molecule has 2 fully saturated rings. The second kappa shape index (κ2) is 9.58. The van der Waals surface area contributed by atoms with Crippen LogP contribution in [0, 0.1) is 0 Å². The largest absolute Gasteiger partial charge is 0.339 e. The Kier molecular flexibility index (Phi) is 7.38. The molecule has 0 unspecified atom stereocenters. The van der Waals surface area contributed by atoms with Gasteiger partial charge in [-0.3, -0.25) is 4.79 Å². The zero-order valence-corrected chi connectivity index (χ0v) is 18.3. The Labute approximate surface area is 172 Å². The summed E-state index contributed by atoms with van der Waals surface area (Å²) in [5, 5.41) is -0.138. The van der Waals surface area contributed by atoms with Gasteiger partial charge in [0.1, 0.15) is 0 Å². The van der Waals surface area contributed by atoms with E-state index < -0.39 is 10.2 Å². The highest BCUT2D eigenvalue weighted by atomic mass is 32.2. The van der Waals surface area contributed by atoms with Gasteiger partial charge in [-0.05, 0) is 19.5 Å². The maximum absolute atomic E-state index is 12.8. The van der Waals surface area contributed by atoms with Gasteiger partial charge < -0.3 is 9.80 Å². The van der Waals surface area contributed by atoms with Gasteiger partial charge >= 0.3 is 0 Å². The summed E-state index contributed by atoms with van der Waals surface area (Å²) in [6.45, 7) is 6.18. The fourth-order valence-electron chi connectivity index (χ4n) is 3.45. The van der Waals surface area contributed by atoms with Crippen LogP contribution in [0.5, 0.6) is 0 Å². The number of hydrogen-bond acceptors (Lipinski definition) is 5. The van der Waals surface area contributed by atoms with Crippen molar-refractivity contribution in [2.45, 2.75) is 17.9 Å². The SMILES string of the molecule is C[C@@H](SCc1ccccc1)C(=O)N1CCN(S(=O)(=O)N2CCN(C)CC2)CC1. The summed E-state index contributed by atoms with van der Waals surface area (Å²) < 4.78 is 28.8. The molecule has 2 heterocycles. The number of carbonyl (C=O) groups excluding carboxylic acids is 1. The average molecular weight is 427 g/mol. The summed E-state index contributed by atoms with van der Waals surface area (Å²) in [5.41, 5.74) is 1.20. The molecule has 0 saturated carbocycles. The molecule has 156 valence electrons. The molecule has 0 N–H and O–H groups in total. The Bertz CT molecular complexity index is 744. The molecule has 0 bridgehead atoms. The fourth-order valence-corrected chi connectivity index (χ4v) is 5.95. The Balaban J connectivity index is 1.48. The van der Waals surface area contributed by atoms with Crippen LogP contribution in [0.4, 0.5) is 0 Å². The van der Waals surface area contributed by atoms with E-state index in [0.29, 0.717) is 39.3 Å². The highest BCUT2D eigenvalue weighted by molar-refractivity contribution is 7.99. The minimum Gasteiger partial charge on any atom is -0.339 e. The molecule has 0 aliphatic carbocycles. The third kappa shape index (κ3) is 5.27. The van der Waals surface area contributed by atoms with Gasteiger partial charge in [-0.25, -0.2) is 0 Å². The third-order valence-corrected chi connectivity index (χ3v) is 8.59. The number of rotatable bonds is 6. The average Bonchev–Trinajstić information content (AvgIpc) is 2.72. The number of likely N-dealkylation sites (N-methyl/N-ethyl adjacent to an activating group) is 1. The Morgan fingerprint density at radius 3 is 2.07 bits per heavy atom. The van der Waals surface area contributed by atoms with Gasteiger partial charge in [-0.15, -0.1) is 11.8 Å². The van der Waals surface area contributed by atoms with E-state index in [1.165, 1.54) is 9.87 Å². The third-order valence-electron chi connectivity index (χ3n) is 5.36. The summed E-state index contributed by atoms with van der Waals surface area (Å²) in [4.78, 5) is 16.7. The van der Waals surface area contributed by atoms with Crippen LogP contribution in [-0.2, 0) is 20.8 Å². The van der Waals surface area contributed by atoms with E-state index in [1.54, 1.807) is 21.0 Å². The lowest BCUT2D eigenvalue weighted by Gasteiger charge is -2.39. The number of benzene rings is 1. The standard InChI is InChI=1S/C19H30N4O3S2/c1-17(27-16-18-6-4-3-5-7-18)19(24)21-10-14-23(15-11-21)28(25,26)22-12-8-20(2)9-13-22/h3-7,17H,8-16H2,1-2H3/t17-/m1/s1. The van der Waals surface area contributed by atoms with Crippen molar-refractivity contribution < 1.29 is 13.2 Å². The highest BCUT2D eigenvalue weighted by Crippen LogP contribution is 2.21. The molecule has 1 amide bonds. The molecule has 0 aromatic heterocycles. The van der Waals surface area contributed by atoms with Crippen molar-refractivity contribution in [2.75, 3.05) is 59.4 Å². The molecule has 0 radical (unpaired) electrons. The fraction of sp³-hybridized carbons (Fsp3) is 0.632. The Morgan fingerprint density at radius 2 is 1.50 bits per heavy atom. The van der Waals surface area contributed by atoms with Gasteiger partial charge in [0.15, 0.2) is 0 Å². The van der Waals surface area contributed by atoms with Crippen LogP contribution in [-0.4, -0.2) is 97.4 Å². The summed E-state index contributed by atoms with van der Waals surface area (Å²) >= 11 is 1.62. The van der Waals surface area contributed by atoms with Gasteiger partial charge in [0.2, 0.25) is 5.91 Å². The second-order valence-corrected chi connectivity index (χ2v) is 10.6. The van der Waals surface area contributed by atoms with E-state index in [0.717, 1.165) is 18.8 Å². The zero-order valence-electron chi connectivity index (χ0n) is 16.7. The summed E-state index contributed by atoms with van der Waals surface area (Å²) in [6.07, 6.45) is 0. The van der Waals surface area contributed by atoms with Crippen LogP contribution in [0.1, 0.15) is 12.5 Å². The monoisotopic (exact) mass is 426 g/mol. The van der Waals surface area contributed by atoms with E-state index >= 15 is 0 Å². The number of carbonyl (C=O) groups is 1.